The minimum atomic E-state index is -0.234. The predicted molar refractivity (Wildman–Crippen MR) is 90.7 cm³/mol. The first-order valence-electron chi connectivity index (χ1n) is 7.81. The van der Waals surface area contributed by atoms with Gasteiger partial charge in [0.25, 0.3) is 5.91 Å². The second kappa shape index (κ2) is 6.38. The van der Waals surface area contributed by atoms with Gasteiger partial charge in [0, 0.05) is 25.2 Å². The Hall–Kier alpha value is -1.78. The lowest BCUT2D eigenvalue weighted by Gasteiger charge is -2.41. The fourth-order valence-electron chi connectivity index (χ4n) is 2.94. The molecule has 0 unspecified atom stereocenters. The number of hydrogen-bond acceptors (Lipinski definition) is 3. The van der Waals surface area contributed by atoms with Crippen LogP contribution in [-0.2, 0) is 13.0 Å². The van der Waals surface area contributed by atoms with Gasteiger partial charge < -0.3 is 9.73 Å². The zero-order valence-corrected chi connectivity index (χ0v) is 14.2. The van der Waals surface area contributed by atoms with Crippen LogP contribution in [0.4, 0.5) is 0 Å². The molecule has 3 rings (SSSR count). The average Bonchev–Trinajstić information content (AvgIpc) is 2.99. The molecule has 5 heteroatoms. The molecular weight excluding hydrogens is 312 g/mol. The van der Waals surface area contributed by atoms with E-state index in [0.717, 1.165) is 19.5 Å². The van der Waals surface area contributed by atoms with Crippen LogP contribution in [0.2, 0.25) is 5.22 Å². The van der Waals surface area contributed by atoms with Gasteiger partial charge in [0.1, 0.15) is 0 Å². The topological polar surface area (TPSA) is 45.5 Å². The van der Waals surface area contributed by atoms with Gasteiger partial charge in [0.2, 0.25) is 0 Å². The molecule has 0 spiro atoms. The second-order valence-corrected chi connectivity index (χ2v) is 6.91. The number of halogens is 1. The summed E-state index contributed by atoms with van der Waals surface area (Å²) in [4.78, 5) is 14.5. The molecule has 4 nitrogen and oxygen atoms in total. The summed E-state index contributed by atoms with van der Waals surface area (Å²) in [6.07, 6.45) is 1.04. The summed E-state index contributed by atoms with van der Waals surface area (Å²) in [5, 5.41) is 3.16. The molecule has 1 amide bonds. The summed E-state index contributed by atoms with van der Waals surface area (Å²) >= 11 is 5.71. The van der Waals surface area contributed by atoms with E-state index in [9.17, 15) is 4.79 Å². The van der Waals surface area contributed by atoms with E-state index in [0.29, 0.717) is 6.54 Å². The van der Waals surface area contributed by atoms with Crippen molar-refractivity contribution in [1.82, 2.24) is 10.2 Å². The highest BCUT2D eigenvalue weighted by atomic mass is 35.5. The molecule has 1 aliphatic heterocycles. The van der Waals surface area contributed by atoms with Crippen molar-refractivity contribution in [1.29, 1.82) is 0 Å². The van der Waals surface area contributed by atoms with E-state index in [1.807, 2.05) is 0 Å². The molecule has 1 aliphatic rings. The zero-order valence-electron chi connectivity index (χ0n) is 13.4. The fraction of sp³-hybridized carbons (Fsp3) is 0.389. The van der Waals surface area contributed by atoms with Crippen LogP contribution >= 0.6 is 11.6 Å². The third kappa shape index (κ3) is 3.59. The normalized spacial score (nSPS) is 15.3. The van der Waals surface area contributed by atoms with E-state index >= 15 is 0 Å². The number of amides is 1. The van der Waals surface area contributed by atoms with Crippen molar-refractivity contribution in [2.24, 2.45) is 0 Å². The lowest BCUT2D eigenvalue weighted by molar-refractivity contribution is 0.0805. The van der Waals surface area contributed by atoms with Crippen molar-refractivity contribution in [2.45, 2.75) is 32.4 Å². The van der Waals surface area contributed by atoms with Crippen molar-refractivity contribution < 1.29 is 9.21 Å². The molecule has 0 atom stereocenters. The quantitative estimate of drug-likeness (QED) is 0.932. The van der Waals surface area contributed by atoms with Gasteiger partial charge in [0.05, 0.1) is 0 Å². The SMILES string of the molecule is CC(C)(CNC(=O)c1ccc(Cl)o1)N1CCc2ccccc2C1. The average molecular weight is 333 g/mol. The maximum absolute atomic E-state index is 12.1. The molecule has 1 N–H and O–H groups in total. The molecule has 0 fully saturated rings. The van der Waals surface area contributed by atoms with Crippen LogP contribution < -0.4 is 5.32 Å². The maximum atomic E-state index is 12.1. The number of benzene rings is 1. The molecule has 1 aromatic carbocycles. The van der Waals surface area contributed by atoms with E-state index in [1.165, 1.54) is 11.1 Å². The Morgan fingerprint density at radius 2 is 2.00 bits per heavy atom. The summed E-state index contributed by atoms with van der Waals surface area (Å²) in [7, 11) is 0. The minimum Gasteiger partial charge on any atom is -0.440 e. The number of fused-ring (bicyclic) bond motifs is 1. The summed E-state index contributed by atoms with van der Waals surface area (Å²) in [6, 6.07) is 11.7. The van der Waals surface area contributed by atoms with Crippen LogP contribution in [-0.4, -0.2) is 29.4 Å². The third-order valence-electron chi connectivity index (χ3n) is 4.47. The van der Waals surface area contributed by atoms with Crippen LogP contribution in [0.1, 0.15) is 35.5 Å². The number of hydrogen-bond donors (Lipinski definition) is 1. The molecule has 0 aliphatic carbocycles. The summed E-state index contributed by atoms with van der Waals surface area (Å²) < 4.78 is 5.14. The number of carbonyl (C=O) groups excluding carboxylic acids is 1. The summed E-state index contributed by atoms with van der Waals surface area (Å²) in [6.45, 7) is 6.75. The van der Waals surface area contributed by atoms with Gasteiger partial charge in [-0.1, -0.05) is 24.3 Å². The molecule has 0 radical (unpaired) electrons. The highest BCUT2D eigenvalue weighted by Gasteiger charge is 2.30. The van der Waals surface area contributed by atoms with Gasteiger partial charge in [-0.25, -0.2) is 0 Å². The Balaban J connectivity index is 1.62. The molecule has 122 valence electrons. The molecular formula is C18H21ClN2O2. The van der Waals surface area contributed by atoms with E-state index in [-0.39, 0.29) is 22.4 Å². The maximum Gasteiger partial charge on any atom is 0.287 e. The van der Waals surface area contributed by atoms with Gasteiger partial charge in [-0.05, 0) is 55.1 Å². The van der Waals surface area contributed by atoms with Gasteiger partial charge >= 0.3 is 0 Å². The van der Waals surface area contributed by atoms with E-state index in [2.05, 4.69) is 48.3 Å². The number of rotatable bonds is 4. The smallest absolute Gasteiger partial charge is 0.287 e. The Morgan fingerprint density at radius 1 is 1.26 bits per heavy atom. The first-order valence-corrected chi connectivity index (χ1v) is 8.19. The highest BCUT2D eigenvalue weighted by Crippen LogP contribution is 2.25. The molecule has 1 aromatic heterocycles. The second-order valence-electron chi connectivity index (χ2n) is 6.54. The first-order chi connectivity index (χ1) is 11.0. The standard InChI is InChI=1S/C18H21ClN2O2/c1-18(2,12-20-17(22)15-7-8-16(19)23-15)21-10-9-13-5-3-4-6-14(13)11-21/h3-8H,9-12H2,1-2H3,(H,20,22). The zero-order chi connectivity index (χ0) is 16.4. The largest absolute Gasteiger partial charge is 0.440 e. The van der Waals surface area contributed by atoms with Crippen LogP contribution in [0.3, 0.4) is 0 Å². The molecule has 2 heterocycles. The van der Waals surface area contributed by atoms with Gasteiger partial charge in [-0.15, -0.1) is 0 Å². The minimum absolute atomic E-state index is 0.139. The Labute approximate surface area is 141 Å². The number of furan rings is 1. The molecule has 0 saturated heterocycles. The van der Waals surface area contributed by atoms with E-state index < -0.39 is 0 Å². The third-order valence-corrected chi connectivity index (χ3v) is 4.67. The van der Waals surface area contributed by atoms with Crippen molar-refractivity contribution in [3.05, 3.63) is 58.5 Å². The van der Waals surface area contributed by atoms with Crippen LogP contribution in [0.25, 0.3) is 0 Å². The van der Waals surface area contributed by atoms with Crippen molar-refractivity contribution >= 4 is 17.5 Å². The monoisotopic (exact) mass is 332 g/mol. The lowest BCUT2D eigenvalue weighted by Crippen LogP contribution is -2.53. The molecule has 23 heavy (non-hydrogen) atoms. The van der Waals surface area contributed by atoms with Crippen molar-refractivity contribution in [3.8, 4) is 0 Å². The molecule has 0 saturated carbocycles. The Kier molecular flexibility index (Phi) is 4.46. The number of nitrogens with zero attached hydrogens (tertiary/aromatic N) is 1. The summed E-state index contributed by atoms with van der Waals surface area (Å²) in [5.74, 6) is 0.0113. The van der Waals surface area contributed by atoms with Crippen LogP contribution in [0, 0.1) is 0 Å². The van der Waals surface area contributed by atoms with Crippen LogP contribution in [0.15, 0.2) is 40.8 Å². The van der Waals surface area contributed by atoms with Gasteiger partial charge in [0.15, 0.2) is 11.0 Å². The molecule has 0 bridgehead atoms. The van der Waals surface area contributed by atoms with Gasteiger partial charge in [-0.2, -0.15) is 0 Å². The number of carbonyl (C=O) groups is 1. The lowest BCUT2D eigenvalue weighted by atomic mass is 9.94. The van der Waals surface area contributed by atoms with E-state index in [4.69, 9.17) is 16.0 Å². The fourth-order valence-corrected chi connectivity index (χ4v) is 3.09. The van der Waals surface area contributed by atoms with Gasteiger partial charge in [-0.3, -0.25) is 9.69 Å². The van der Waals surface area contributed by atoms with Crippen LogP contribution in [0.5, 0.6) is 0 Å². The summed E-state index contributed by atoms with van der Waals surface area (Å²) in [5.41, 5.74) is 2.66. The Morgan fingerprint density at radius 3 is 2.70 bits per heavy atom. The first kappa shape index (κ1) is 16.1. The Bertz CT molecular complexity index is 709. The molecule has 2 aromatic rings. The highest BCUT2D eigenvalue weighted by molar-refractivity contribution is 6.29. The van der Waals surface area contributed by atoms with Crippen molar-refractivity contribution in [2.75, 3.05) is 13.1 Å². The number of nitrogens with one attached hydrogen (secondary N) is 1. The predicted octanol–water partition coefficient (Wildman–Crippen LogP) is 3.50. The van der Waals surface area contributed by atoms with E-state index in [1.54, 1.807) is 12.1 Å². The van der Waals surface area contributed by atoms with Crippen molar-refractivity contribution in [3.63, 3.8) is 0 Å².